The minimum Gasteiger partial charge on any atom is -0.300 e. The van der Waals surface area contributed by atoms with E-state index in [0.717, 1.165) is 0 Å². The highest BCUT2D eigenvalue weighted by molar-refractivity contribution is 6.18. The Bertz CT molecular complexity index is 232. The van der Waals surface area contributed by atoms with Crippen molar-refractivity contribution in [3.63, 3.8) is 0 Å². The average Bonchev–Trinajstić information content (AvgIpc) is 1.84. The second kappa shape index (κ2) is 4.59. The summed E-state index contributed by atoms with van der Waals surface area (Å²) in [6.45, 7) is 4.04. The molecular formula is C9H12O3. The number of allylic oxidation sites excluding steroid dienone is 2. The van der Waals surface area contributed by atoms with E-state index in [4.69, 9.17) is 0 Å². The van der Waals surface area contributed by atoms with Crippen LogP contribution < -0.4 is 0 Å². The molecule has 0 saturated carbocycles. The zero-order valence-corrected chi connectivity index (χ0v) is 7.51. The topological polar surface area (TPSA) is 51.2 Å². The van der Waals surface area contributed by atoms with Gasteiger partial charge in [0.1, 0.15) is 5.78 Å². The first kappa shape index (κ1) is 10.8. The third-order valence-electron chi connectivity index (χ3n) is 1.35. The molecule has 0 spiro atoms. The number of ketones is 3. The first-order valence-corrected chi connectivity index (χ1v) is 3.66. The lowest BCUT2D eigenvalue weighted by Crippen LogP contribution is -2.06. The summed E-state index contributed by atoms with van der Waals surface area (Å²) < 4.78 is 0. The van der Waals surface area contributed by atoms with Gasteiger partial charge in [-0.25, -0.2) is 0 Å². The van der Waals surface area contributed by atoms with Crippen LogP contribution in [0.25, 0.3) is 0 Å². The molecule has 0 aromatic heterocycles. The molecule has 66 valence electrons. The number of carbonyl (C=O) groups excluding carboxylic acids is 3. The Balaban J connectivity index is 4.51. The van der Waals surface area contributed by atoms with Gasteiger partial charge in [-0.1, -0.05) is 6.08 Å². The molecule has 0 aliphatic carbocycles. The average molecular weight is 168 g/mol. The molecular weight excluding hydrogens is 156 g/mol. The van der Waals surface area contributed by atoms with Gasteiger partial charge in [0.25, 0.3) is 0 Å². The van der Waals surface area contributed by atoms with Crippen molar-refractivity contribution in [2.24, 2.45) is 0 Å². The van der Waals surface area contributed by atoms with E-state index in [0.29, 0.717) is 0 Å². The molecule has 0 aliphatic heterocycles. The number of hydrogen-bond donors (Lipinski definition) is 0. The largest absolute Gasteiger partial charge is 0.300 e. The number of Topliss-reactive ketones (excluding diaryl/α,β-unsaturated/α-hetero) is 3. The Labute approximate surface area is 71.5 Å². The van der Waals surface area contributed by atoms with E-state index in [1.165, 1.54) is 26.8 Å². The van der Waals surface area contributed by atoms with E-state index in [2.05, 4.69) is 0 Å². The Morgan fingerprint density at radius 2 is 1.42 bits per heavy atom. The normalized spacial score (nSPS) is 8.92. The van der Waals surface area contributed by atoms with Crippen LogP contribution in [0.15, 0.2) is 11.6 Å². The minimum absolute atomic E-state index is 0.0602. The van der Waals surface area contributed by atoms with Crippen molar-refractivity contribution in [3.8, 4) is 0 Å². The van der Waals surface area contributed by atoms with Crippen molar-refractivity contribution in [1.82, 2.24) is 0 Å². The Kier molecular flexibility index (Phi) is 4.11. The summed E-state index contributed by atoms with van der Waals surface area (Å²) in [6, 6.07) is 0. The Hall–Kier alpha value is -1.25. The van der Waals surface area contributed by atoms with Gasteiger partial charge in [-0.3, -0.25) is 14.4 Å². The maximum absolute atomic E-state index is 10.8. The smallest absolute Gasteiger partial charge is 0.163 e. The van der Waals surface area contributed by atoms with Crippen LogP contribution in [0.4, 0.5) is 0 Å². The van der Waals surface area contributed by atoms with Gasteiger partial charge in [0.05, 0.1) is 5.57 Å². The summed E-state index contributed by atoms with van der Waals surface area (Å²) in [4.78, 5) is 32.1. The number of hydrogen-bond acceptors (Lipinski definition) is 3. The quantitative estimate of drug-likeness (QED) is 0.358. The molecule has 0 N–H and O–H groups in total. The maximum Gasteiger partial charge on any atom is 0.163 e. The molecule has 3 nitrogen and oxygen atoms in total. The van der Waals surface area contributed by atoms with E-state index in [-0.39, 0.29) is 29.3 Å². The fourth-order valence-corrected chi connectivity index (χ4v) is 0.781. The van der Waals surface area contributed by atoms with Crippen LogP contribution in [-0.2, 0) is 14.4 Å². The molecule has 0 aromatic rings. The molecule has 0 atom stereocenters. The lowest BCUT2D eigenvalue weighted by atomic mass is 10.1. The molecule has 0 aromatic carbocycles. The first-order valence-electron chi connectivity index (χ1n) is 3.66. The summed E-state index contributed by atoms with van der Waals surface area (Å²) in [7, 11) is 0. The van der Waals surface area contributed by atoms with Gasteiger partial charge >= 0.3 is 0 Å². The van der Waals surface area contributed by atoms with Gasteiger partial charge in [0.15, 0.2) is 11.6 Å². The lowest BCUT2D eigenvalue weighted by Gasteiger charge is -1.95. The summed E-state index contributed by atoms with van der Waals surface area (Å²) in [5.41, 5.74) is 0.116. The fourth-order valence-electron chi connectivity index (χ4n) is 0.781. The summed E-state index contributed by atoms with van der Waals surface area (Å²) in [6.07, 6.45) is 1.53. The predicted molar refractivity (Wildman–Crippen MR) is 44.7 cm³/mol. The molecule has 3 heteroatoms. The molecule has 0 aliphatic rings. The van der Waals surface area contributed by atoms with E-state index >= 15 is 0 Å². The van der Waals surface area contributed by atoms with Crippen molar-refractivity contribution in [2.75, 3.05) is 0 Å². The van der Waals surface area contributed by atoms with E-state index < -0.39 is 0 Å². The van der Waals surface area contributed by atoms with Crippen molar-refractivity contribution < 1.29 is 14.4 Å². The molecule has 0 saturated heterocycles. The molecule has 0 fully saturated rings. The van der Waals surface area contributed by atoms with Gasteiger partial charge in [-0.05, 0) is 20.8 Å². The first-order chi connectivity index (χ1) is 5.45. The third-order valence-corrected chi connectivity index (χ3v) is 1.35. The fraction of sp³-hybridized carbons (Fsp3) is 0.444. The van der Waals surface area contributed by atoms with Crippen molar-refractivity contribution >= 4 is 17.3 Å². The highest BCUT2D eigenvalue weighted by atomic mass is 16.1. The van der Waals surface area contributed by atoms with Crippen LogP contribution in [0.5, 0.6) is 0 Å². The SMILES string of the molecule is CC(=O)CC=C(C(C)=O)C(C)=O. The van der Waals surface area contributed by atoms with Gasteiger partial charge in [0, 0.05) is 6.42 Å². The molecule has 0 unspecified atom stereocenters. The molecule has 0 amide bonds. The van der Waals surface area contributed by atoms with E-state index in [1.54, 1.807) is 0 Å². The summed E-state index contributed by atoms with van der Waals surface area (Å²) in [5, 5.41) is 0. The zero-order chi connectivity index (χ0) is 9.72. The standard InChI is InChI=1S/C9H12O3/c1-6(10)4-5-9(7(2)11)8(3)12/h5H,4H2,1-3H3. The molecule has 0 heterocycles. The van der Waals surface area contributed by atoms with Crippen molar-refractivity contribution in [3.05, 3.63) is 11.6 Å². The second-order valence-corrected chi connectivity index (χ2v) is 2.64. The monoisotopic (exact) mass is 168 g/mol. The van der Waals surface area contributed by atoms with Crippen LogP contribution >= 0.6 is 0 Å². The van der Waals surface area contributed by atoms with Crippen LogP contribution in [0, 0.1) is 0 Å². The lowest BCUT2D eigenvalue weighted by molar-refractivity contribution is -0.119. The van der Waals surface area contributed by atoms with E-state index in [9.17, 15) is 14.4 Å². The molecule has 0 bridgehead atoms. The van der Waals surface area contributed by atoms with E-state index in [1.807, 2.05) is 0 Å². The molecule has 0 radical (unpaired) electrons. The van der Waals surface area contributed by atoms with Gasteiger partial charge in [0.2, 0.25) is 0 Å². The van der Waals surface area contributed by atoms with Crippen molar-refractivity contribution in [2.45, 2.75) is 27.2 Å². The minimum atomic E-state index is -0.288. The Morgan fingerprint density at radius 3 is 1.67 bits per heavy atom. The highest BCUT2D eigenvalue weighted by Gasteiger charge is 2.08. The van der Waals surface area contributed by atoms with Crippen LogP contribution in [0.3, 0.4) is 0 Å². The predicted octanol–water partition coefficient (Wildman–Crippen LogP) is 1.07. The maximum atomic E-state index is 10.8. The van der Waals surface area contributed by atoms with Gasteiger partial charge < -0.3 is 0 Å². The second-order valence-electron chi connectivity index (χ2n) is 2.64. The number of rotatable bonds is 4. The van der Waals surface area contributed by atoms with Crippen molar-refractivity contribution in [1.29, 1.82) is 0 Å². The molecule has 0 rings (SSSR count). The number of carbonyl (C=O) groups is 3. The summed E-state index contributed by atoms with van der Waals surface area (Å²) in [5.74, 6) is -0.637. The Morgan fingerprint density at radius 1 is 1.00 bits per heavy atom. The highest BCUT2D eigenvalue weighted by Crippen LogP contribution is 2.00. The van der Waals surface area contributed by atoms with Crippen LogP contribution in [-0.4, -0.2) is 17.3 Å². The van der Waals surface area contributed by atoms with Gasteiger partial charge in [-0.15, -0.1) is 0 Å². The van der Waals surface area contributed by atoms with Gasteiger partial charge in [-0.2, -0.15) is 0 Å². The van der Waals surface area contributed by atoms with Crippen LogP contribution in [0.1, 0.15) is 27.2 Å². The third kappa shape index (κ3) is 3.81. The molecule has 12 heavy (non-hydrogen) atoms. The van der Waals surface area contributed by atoms with Crippen LogP contribution in [0.2, 0.25) is 0 Å². The summed E-state index contributed by atoms with van der Waals surface area (Å²) >= 11 is 0. The zero-order valence-electron chi connectivity index (χ0n) is 7.51.